The Hall–Kier alpha value is -0.520. The van der Waals surface area contributed by atoms with E-state index in [2.05, 4.69) is 12.2 Å². The van der Waals surface area contributed by atoms with Crippen molar-refractivity contribution in [2.45, 2.75) is 44.9 Å². The van der Waals surface area contributed by atoms with Crippen LogP contribution in [0.4, 0.5) is 0 Å². The number of fused-ring (bicyclic) bond motifs is 2. The first-order chi connectivity index (χ1) is 6.43. The third-order valence-electron chi connectivity index (χ3n) is 3.99. The quantitative estimate of drug-likeness (QED) is 0.566. The second-order valence-electron chi connectivity index (χ2n) is 4.87. The molecule has 1 saturated carbocycles. The van der Waals surface area contributed by atoms with Gasteiger partial charge in [0.2, 0.25) is 0 Å². The van der Waals surface area contributed by atoms with E-state index in [4.69, 9.17) is 0 Å². The van der Waals surface area contributed by atoms with Crippen LogP contribution >= 0.6 is 0 Å². The largest absolute Gasteiger partial charge is 0.0810 e. The van der Waals surface area contributed by atoms with Gasteiger partial charge in [-0.3, -0.25) is 0 Å². The smallest absolute Gasteiger partial charge is 0.0157 e. The minimum absolute atomic E-state index is 0.961. The molecule has 13 heavy (non-hydrogen) atoms. The van der Waals surface area contributed by atoms with Crippen LogP contribution in [0.2, 0.25) is 0 Å². The lowest BCUT2D eigenvalue weighted by Gasteiger charge is -2.19. The van der Waals surface area contributed by atoms with Crippen molar-refractivity contribution in [2.75, 3.05) is 0 Å². The van der Waals surface area contributed by atoms with E-state index < -0.39 is 0 Å². The van der Waals surface area contributed by atoms with E-state index in [1.807, 2.05) is 0 Å². The van der Waals surface area contributed by atoms with E-state index in [0.29, 0.717) is 0 Å². The van der Waals surface area contributed by atoms with Crippen LogP contribution in [0.15, 0.2) is 23.3 Å². The van der Waals surface area contributed by atoms with Gasteiger partial charge in [-0.25, -0.2) is 0 Å². The van der Waals surface area contributed by atoms with Crippen molar-refractivity contribution in [2.24, 2.45) is 11.8 Å². The average Bonchev–Trinajstić information content (AvgIpc) is 2.80. The lowest BCUT2D eigenvalue weighted by atomic mass is 9.86. The minimum Gasteiger partial charge on any atom is -0.0810 e. The molecule has 1 unspecified atom stereocenters. The number of rotatable bonds is 1. The number of hydrogen-bond donors (Lipinski definition) is 0. The monoisotopic (exact) mass is 174 g/mol. The van der Waals surface area contributed by atoms with Crippen LogP contribution in [0.5, 0.6) is 0 Å². The van der Waals surface area contributed by atoms with E-state index in [1.165, 1.54) is 44.9 Å². The van der Waals surface area contributed by atoms with Gasteiger partial charge < -0.3 is 0 Å². The lowest BCUT2D eigenvalue weighted by molar-refractivity contribution is 0.631. The van der Waals surface area contributed by atoms with Crippen LogP contribution in [0.3, 0.4) is 0 Å². The Morgan fingerprint density at radius 3 is 2.77 bits per heavy atom. The Morgan fingerprint density at radius 2 is 2.15 bits per heavy atom. The lowest BCUT2D eigenvalue weighted by Crippen LogP contribution is -2.03. The van der Waals surface area contributed by atoms with Gasteiger partial charge >= 0.3 is 0 Å². The first kappa shape index (κ1) is 7.84. The van der Waals surface area contributed by atoms with Crippen molar-refractivity contribution in [1.82, 2.24) is 0 Å². The van der Waals surface area contributed by atoms with Gasteiger partial charge in [0.25, 0.3) is 0 Å². The third kappa shape index (κ3) is 1.27. The molecule has 0 aliphatic heterocycles. The van der Waals surface area contributed by atoms with Gasteiger partial charge in [0.05, 0.1) is 0 Å². The fourth-order valence-electron chi connectivity index (χ4n) is 3.31. The molecule has 1 fully saturated rings. The van der Waals surface area contributed by atoms with Crippen LogP contribution in [0.1, 0.15) is 44.9 Å². The number of allylic oxidation sites excluding steroid dienone is 4. The van der Waals surface area contributed by atoms with E-state index in [0.717, 1.165) is 11.8 Å². The molecule has 0 heterocycles. The molecule has 0 radical (unpaired) electrons. The second kappa shape index (κ2) is 3.01. The predicted octanol–water partition coefficient (Wildman–Crippen LogP) is 3.84. The summed E-state index contributed by atoms with van der Waals surface area (Å²) in [5.41, 5.74) is 3.48. The standard InChI is InChI=1S/C13H18/c1-2-4-11(5-3-1)13-9-10-6-7-12(13)8-10/h4,9-10,12H,1-3,5-8H2/t10?,12-/m0/s1. The first-order valence-corrected chi connectivity index (χ1v) is 5.84. The molecule has 0 nitrogen and oxygen atoms in total. The molecule has 0 amide bonds. The molecule has 0 N–H and O–H groups in total. The highest BCUT2D eigenvalue weighted by molar-refractivity contribution is 5.38. The summed E-state index contributed by atoms with van der Waals surface area (Å²) in [6.07, 6.45) is 15.1. The van der Waals surface area contributed by atoms with E-state index in [9.17, 15) is 0 Å². The molecule has 3 rings (SSSR count). The SMILES string of the molecule is C1=C(C2=CC3CC[C@H]2C3)CCCC1. The molecule has 0 saturated heterocycles. The molecule has 3 aliphatic carbocycles. The Bertz CT molecular complexity index is 270. The van der Waals surface area contributed by atoms with Crippen LogP contribution < -0.4 is 0 Å². The van der Waals surface area contributed by atoms with Gasteiger partial charge in [-0.05, 0) is 67.9 Å². The van der Waals surface area contributed by atoms with Crippen molar-refractivity contribution in [3.8, 4) is 0 Å². The molecular formula is C13H18. The molecule has 0 aromatic rings. The Morgan fingerprint density at radius 1 is 1.15 bits per heavy atom. The van der Waals surface area contributed by atoms with Gasteiger partial charge in [0.1, 0.15) is 0 Å². The maximum Gasteiger partial charge on any atom is -0.0157 e. The van der Waals surface area contributed by atoms with Gasteiger partial charge in [-0.15, -0.1) is 0 Å². The molecule has 2 bridgehead atoms. The fourth-order valence-corrected chi connectivity index (χ4v) is 3.31. The van der Waals surface area contributed by atoms with Crippen LogP contribution in [-0.4, -0.2) is 0 Å². The summed E-state index contributed by atoms with van der Waals surface area (Å²) in [6.45, 7) is 0. The first-order valence-electron chi connectivity index (χ1n) is 5.84. The zero-order valence-electron chi connectivity index (χ0n) is 8.26. The van der Waals surface area contributed by atoms with Crippen molar-refractivity contribution < 1.29 is 0 Å². The molecule has 0 aromatic carbocycles. The van der Waals surface area contributed by atoms with Gasteiger partial charge in [-0.1, -0.05) is 12.2 Å². The molecule has 2 atom stereocenters. The molecular weight excluding hydrogens is 156 g/mol. The Labute approximate surface area is 80.7 Å². The summed E-state index contributed by atoms with van der Waals surface area (Å²) in [5, 5.41) is 0. The van der Waals surface area contributed by atoms with Crippen molar-refractivity contribution in [3.05, 3.63) is 23.3 Å². The summed E-state index contributed by atoms with van der Waals surface area (Å²) in [6, 6.07) is 0. The highest BCUT2D eigenvalue weighted by atomic mass is 14.4. The Balaban J connectivity index is 1.85. The van der Waals surface area contributed by atoms with Gasteiger partial charge in [0, 0.05) is 0 Å². The maximum absolute atomic E-state index is 2.59. The van der Waals surface area contributed by atoms with Crippen molar-refractivity contribution in [3.63, 3.8) is 0 Å². The predicted molar refractivity (Wildman–Crippen MR) is 55.5 cm³/mol. The van der Waals surface area contributed by atoms with E-state index >= 15 is 0 Å². The zero-order valence-corrected chi connectivity index (χ0v) is 8.26. The van der Waals surface area contributed by atoms with Crippen LogP contribution in [0, 0.1) is 11.8 Å². The van der Waals surface area contributed by atoms with E-state index in [-0.39, 0.29) is 0 Å². The molecule has 0 heteroatoms. The van der Waals surface area contributed by atoms with Gasteiger partial charge in [0.15, 0.2) is 0 Å². The third-order valence-corrected chi connectivity index (χ3v) is 3.99. The second-order valence-corrected chi connectivity index (χ2v) is 4.87. The Kier molecular flexibility index (Phi) is 1.81. The highest BCUT2D eigenvalue weighted by Crippen LogP contribution is 2.47. The molecule has 0 spiro atoms. The fraction of sp³-hybridized carbons (Fsp3) is 0.692. The summed E-state index contributed by atoms with van der Waals surface area (Å²) in [5.74, 6) is 1.93. The van der Waals surface area contributed by atoms with E-state index in [1.54, 1.807) is 11.1 Å². The van der Waals surface area contributed by atoms with Crippen LogP contribution in [0.25, 0.3) is 0 Å². The highest BCUT2D eigenvalue weighted by Gasteiger charge is 2.33. The summed E-state index contributed by atoms with van der Waals surface area (Å²) >= 11 is 0. The number of hydrogen-bond acceptors (Lipinski definition) is 0. The minimum atomic E-state index is 0.961. The van der Waals surface area contributed by atoms with Gasteiger partial charge in [-0.2, -0.15) is 0 Å². The summed E-state index contributed by atoms with van der Waals surface area (Å²) in [4.78, 5) is 0. The molecule has 0 aromatic heterocycles. The summed E-state index contributed by atoms with van der Waals surface area (Å²) in [7, 11) is 0. The molecule has 70 valence electrons. The zero-order chi connectivity index (χ0) is 8.67. The normalized spacial score (nSPS) is 37.5. The summed E-state index contributed by atoms with van der Waals surface area (Å²) < 4.78 is 0. The average molecular weight is 174 g/mol. The molecule has 3 aliphatic rings. The maximum atomic E-state index is 2.59. The topological polar surface area (TPSA) is 0 Å². The van der Waals surface area contributed by atoms with Crippen molar-refractivity contribution >= 4 is 0 Å². The van der Waals surface area contributed by atoms with Crippen molar-refractivity contribution in [1.29, 1.82) is 0 Å². The van der Waals surface area contributed by atoms with Crippen LogP contribution in [-0.2, 0) is 0 Å².